The van der Waals surface area contributed by atoms with Gasteiger partial charge in [-0.1, -0.05) is 0 Å². The van der Waals surface area contributed by atoms with E-state index < -0.39 is 12.7 Å². The third-order valence-corrected chi connectivity index (χ3v) is 3.79. The van der Waals surface area contributed by atoms with Crippen molar-refractivity contribution < 1.29 is 18.0 Å². The van der Waals surface area contributed by atoms with Crippen molar-refractivity contribution in [1.82, 2.24) is 24.6 Å². The van der Waals surface area contributed by atoms with Gasteiger partial charge in [-0.25, -0.2) is 9.67 Å². The number of halogens is 3. The number of pyridine rings is 1. The molecule has 1 aliphatic rings. The second-order valence-electron chi connectivity index (χ2n) is 5.59. The molecule has 0 atom stereocenters. The normalized spacial score (nSPS) is 15.3. The van der Waals surface area contributed by atoms with Gasteiger partial charge in [-0.3, -0.25) is 9.78 Å². The molecule has 24 heavy (non-hydrogen) atoms. The van der Waals surface area contributed by atoms with Gasteiger partial charge in [-0.15, -0.1) is 0 Å². The van der Waals surface area contributed by atoms with E-state index in [1.54, 1.807) is 17.0 Å². The molecule has 1 fully saturated rings. The number of nitrogens with zero attached hydrogens (tertiary/aromatic N) is 5. The van der Waals surface area contributed by atoms with E-state index in [9.17, 15) is 18.0 Å². The Kier molecular flexibility index (Phi) is 4.50. The quantitative estimate of drug-likeness (QED) is 0.837. The maximum absolute atomic E-state index is 12.8. The number of rotatable bonds is 5. The molecule has 0 unspecified atom stereocenters. The molecule has 0 radical (unpaired) electrons. The molecule has 0 bridgehead atoms. The van der Waals surface area contributed by atoms with Crippen molar-refractivity contribution in [2.45, 2.75) is 32.0 Å². The molecular formula is C15H16F3N5O. The van der Waals surface area contributed by atoms with Crippen LogP contribution in [0.3, 0.4) is 0 Å². The third kappa shape index (κ3) is 3.90. The van der Waals surface area contributed by atoms with Crippen LogP contribution < -0.4 is 0 Å². The topological polar surface area (TPSA) is 63.9 Å². The number of alkyl halides is 3. The fourth-order valence-electron chi connectivity index (χ4n) is 2.65. The zero-order valence-corrected chi connectivity index (χ0v) is 12.8. The van der Waals surface area contributed by atoms with Crippen LogP contribution in [0.5, 0.6) is 0 Å². The van der Waals surface area contributed by atoms with Gasteiger partial charge in [0.25, 0.3) is 0 Å². The molecule has 9 heteroatoms. The second-order valence-corrected chi connectivity index (χ2v) is 5.59. The monoisotopic (exact) mass is 339 g/mol. The van der Waals surface area contributed by atoms with E-state index in [0.717, 1.165) is 11.1 Å². The van der Waals surface area contributed by atoms with E-state index >= 15 is 0 Å². The Morgan fingerprint density at radius 2 is 1.96 bits per heavy atom. The molecule has 0 spiro atoms. The van der Waals surface area contributed by atoms with Crippen molar-refractivity contribution in [3.8, 4) is 11.4 Å². The predicted molar refractivity (Wildman–Crippen MR) is 78.8 cm³/mol. The Labute approximate surface area is 136 Å². The number of carbonyl (C=O) groups excluding carboxylic acids is 1. The number of hydrogen-bond donors (Lipinski definition) is 0. The van der Waals surface area contributed by atoms with Crippen LogP contribution in [0.1, 0.15) is 18.7 Å². The second kappa shape index (κ2) is 6.58. The average molecular weight is 339 g/mol. The van der Waals surface area contributed by atoms with E-state index in [2.05, 4.69) is 15.1 Å². The van der Waals surface area contributed by atoms with Crippen LogP contribution >= 0.6 is 0 Å². The summed E-state index contributed by atoms with van der Waals surface area (Å²) >= 11 is 0. The Hall–Kier alpha value is -2.45. The molecule has 6 nitrogen and oxygen atoms in total. The molecule has 2 aromatic heterocycles. The van der Waals surface area contributed by atoms with Gasteiger partial charge in [0.15, 0.2) is 5.82 Å². The Balaban J connectivity index is 1.82. The molecule has 0 saturated carbocycles. The van der Waals surface area contributed by atoms with Crippen LogP contribution in [0.4, 0.5) is 13.2 Å². The molecule has 0 aliphatic carbocycles. The molecule has 128 valence electrons. The van der Waals surface area contributed by atoms with Crippen molar-refractivity contribution >= 4 is 5.91 Å². The summed E-state index contributed by atoms with van der Waals surface area (Å²) in [5, 5.41) is 3.98. The number of aromatic nitrogens is 4. The van der Waals surface area contributed by atoms with Crippen LogP contribution in [0, 0.1) is 0 Å². The summed E-state index contributed by atoms with van der Waals surface area (Å²) in [6, 6.07) is 3.28. The summed E-state index contributed by atoms with van der Waals surface area (Å²) in [4.78, 5) is 21.4. The van der Waals surface area contributed by atoms with Crippen LogP contribution in [-0.4, -0.2) is 49.8 Å². The van der Waals surface area contributed by atoms with Gasteiger partial charge >= 0.3 is 6.18 Å². The van der Waals surface area contributed by atoms with Crippen molar-refractivity contribution in [3.63, 3.8) is 0 Å². The summed E-state index contributed by atoms with van der Waals surface area (Å²) in [6.07, 6.45) is 0.194. The molecular weight excluding hydrogens is 323 g/mol. The largest absolute Gasteiger partial charge is 0.408 e. The zero-order chi connectivity index (χ0) is 17.2. The Bertz CT molecular complexity index is 714. The highest BCUT2D eigenvalue weighted by Gasteiger charge is 2.31. The minimum Gasteiger partial charge on any atom is -0.342 e. The molecule has 3 heterocycles. The Morgan fingerprint density at radius 1 is 1.21 bits per heavy atom. The lowest BCUT2D eigenvalue weighted by atomic mass is 10.2. The third-order valence-electron chi connectivity index (χ3n) is 3.79. The lowest BCUT2D eigenvalue weighted by Crippen LogP contribution is -2.28. The van der Waals surface area contributed by atoms with Crippen molar-refractivity contribution in [2.24, 2.45) is 0 Å². The summed E-state index contributed by atoms with van der Waals surface area (Å²) in [5.41, 5.74) is 0.601. The molecule has 1 saturated heterocycles. The van der Waals surface area contributed by atoms with Gasteiger partial charge < -0.3 is 4.90 Å². The minimum absolute atomic E-state index is 0.0336. The highest BCUT2D eigenvalue weighted by Crippen LogP contribution is 2.21. The fraction of sp³-hybridized carbons (Fsp3) is 0.467. The van der Waals surface area contributed by atoms with Gasteiger partial charge in [-0.05, 0) is 18.6 Å². The van der Waals surface area contributed by atoms with E-state index in [0.29, 0.717) is 25.1 Å². The van der Waals surface area contributed by atoms with E-state index in [1.807, 2.05) is 0 Å². The predicted octanol–water partition coefficient (Wildman–Crippen LogP) is 2.07. The Morgan fingerprint density at radius 3 is 2.58 bits per heavy atom. The molecule has 2 aromatic rings. The van der Waals surface area contributed by atoms with Gasteiger partial charge in [-0.2, -0.15) is 18.3 Å². The first kappa shape index (κ1) is 16.4. The van der Waals surface area contributed by atoms with Gasteiger partial charge in [0, 0.05) is 43.9 Å². The molecule has 3 rings (SSSR count). The lowest BCUT2D eigenvalue weighted by Gasteiger charge is -2.15. The first-order valence-corrected chi connectivity index (χ1v) is 7.61. The molecule has 0 N–H and O–H groups in total. The highest BCUT2D eigenvalue weighted by molar-refractivity contribution is 5.78. The number of likely N-dealkylation sites (tertiary alicyclic amines) is 1. The van der Waals surface area contributed by atoms with Crippen molar-refractivity contribution in [1.29, 1.82) is 0 Å². The standard InChI is InChI=1S/C15H16F3N5O/c16-15(17,18)10-23-12(5-9-22-8-1-2-13(22)24)20-14(21-23)11-3-6-19-7-4-11/h3-4,6-7H,1-2,5,8-10H2. The first-order chi connectivity index (χ1) is 11.4. The maximum atomic E-state index is 12.8. The van der Waals surface area contributed by atoms with E-state index in [-0.39, 0.29) is 24.0 Å². The van der Waals surface area contributed by atoms with Crippen LogP contribution in [0.15, 0.2) is 24.5 Å². The lowest BCUT2D eigenvalue weighted by molar-refractivity contribution is -0.143. The van der Waals surface area contributed by atoms with Crippen LogP contribution in [0.25, 0.3) is 11.4 Å². The van der Waals surface area contributed by atoms with E-state index in [4.69, 9.17) is 0 Å². The zero-order valence-electron chi connectivity index (χ0n) is 12.8. The van der Waals surface area contributed by atoms with Gasteiger partial charge in [0.05, 0.1) is 0 Å². The average Bonchev–Trinajstić information content (AvgIpc) is 3.11. The van der Waals surface area contributed by atoms with E-state index in [1.165, 1.54) is 12.4 Å². The van der Waals surface area contributed by atoms with Gasteiger partial charge in [0.1, 0.15) is 12.4 Å². The van der Waals surface area contributed by atoms with Crippen LogP contribution in [-0.2, 0) is 17.8 Å². The SMILES string of the molecule is O=C1CCCN1CCc1nc(-c2ccncc2)nn1CC(F)(F)F. The summed E-state index contributed by atoms with van der Waals surface area (Å²) in [7, 11) is 0. The smallest absolute Gasteiger partial charge is 0.342 e. The van der Waals surface area contributed by atoms with Crippen molar-refractivity contribution in [2.75, 3.05) is 13.1 Å². The number of carbonyl (C=O) groups is 1. The molecule has 0 aromatic carbocycles. The minimum atomic E-state index is -4.39. The summed E-state index contributed by atoms with van der Waals surface area (Å²) in [6.45, 7) is -0.205. The fourth-order valence-corrected chi connectivity index (χ4v) is 2.65. The number of hydrogen-bond acceptors (Lipinski definition) is 4. The highest BCUT2D eigenvalue weighted by atomic mass is 19.4. The van der Waals surface area contributed by atoms with Gasteiger partial charge in [0.2, 0.25) is 5.91 Å². The first-order valence-electron chi connectivity index (χ1n) is 7.61. The van der Waals surface area contributed by atoms with Crippen LogP contribution in [0.2, 0.25) is 0 Å². The van der Waals surface area contributed by atoms with Crippen molar-refractivity contribution in [3.05, 3.63) is 30.4 Å². The summed E-state index contributed by atoms with van der Waals surface area (Å²) in [5.74, 6) is 0.481. The molecule has 1 amide bonds. The number of amides is 1. The molecule has 1 aliphatic heterocycles. The maximum Gasteiger partial charge on any atom is 0.408 e. The summed E-state index contributed by atoms with van der Waals surface area (Å²) < 4.78 is 39.2.